The van der Waals surface area contributed by atoms with Crippen molar-refractivity contribution in [2.24, 2.45) is 4.99 Å². The van der Waals surface area contributed by atoms with E-state index in [-0.39, 0.29) is 11.8 Å². The third-order valence-electron chi connectivity index (χ3n) is 5.36. The molecule has 0 radical (unpaired) electrons. The third kappa shape index (κ3) is 8.17. The van der Waals surface area contributed by atoms with Gasteiger partial charge in [0.05, 0.1) is 5.84 Å². The molecule has 0 heterocycles. The lowest BCUT2D eigenvalue weighted by atomic mass is 10.1. The van der Waals surface area contributed by atoms with Crippen LogP contribution in [0.4, 0.5) is 11.4 Å². The lowest BCUT2D eigenvalue weighted by Crippen LogP contribution is -2.23. The van der Waals surface area contributed by atoms with E-state index in [1.54, 1.807) is 0 Å². The van der Waals surface area contributed by atoms with E-state index >= 15 is 0 Å². The van der Waals surface area contributed by atoms with Crippen LogP contribution >= 0.6 is 0 Å². The summed E-state index contributed by atoms with van der Waals surface area (Å²) in [6, 6.07) is 12.0. The monoisotopic (exact) mass is 436 g/mol. The van der Waals surface area contributed by atoms with Gasteiger partial charge in [0.1, 0.15) is 0 Å². The Kier molecular flexibility index (Phi) is 9.92. The van der Waals surface area contributed by atoms with Crippen LogP contribution in [0.15, 0.2) is 41.4 Å². The van der Waals surface area contributed by atoms with Crippen LogP contribution < -0.4 is 16.0 Å². The molecular formula is C26H36N4O2. The zero-order chi connectivity index (χ0) is 23.5. The molecule has 0 bridgehead atoms. The van der Waals surface area contributed by atoms with Crippen molar-refractivity contribution in [3.8, 4) is 0 Å². The number of aryl methyl sites for hydroxylation is 4. The first kappa shape index (κ1) is 25.1. The molecule has 0 spiro atoms. The van der Waals surface area contributed by atoms with Crippen molar-refractivity contribution in [2.45, 2.75) is 60.3 Å². The molecule has 2 amide bonds. The summed E-state index contributed by atoms with van der Waals surface area (Å²) in [4.78, 5) is 28.9. The summed E-state index contributed by atoms with van der Waals surface area (Å²) in [5.41, 5.74) is 6.09. The van der Waals surface area contributed by atoms with Crippen molar-refractivity contribution in [3.63, 3.8) is 0 Å². The van der Waals surface area contributed by atoms with Crippen molar-refractivity contribution < 1.29 is 9.59 Å². The quantitative estimate of drug-likeness (QED) is 0.276. The molecule has 2 rings (SSSR count). The molecule has 2 aromatic carbocycles. The largest absolute Gasteiger partial charge is 0.374 e. The van der Waals surface area contributed by atoms with Gasteiger partial charge in [-0.3, -0.25) is 14.6 Å². The van der Waals surface area contributed by atoms with Gasteiger partial charge in [0, 0.05) is 37.3 Å². The van der Waals surface area contributed by atoms with Gasteiger partial charge in [-0.25, -0.2) is 0 Å². The summed E-state index contributed by atoms with van der Waals surface area (Å²) in [5.74, 6) is 0.863. The zero-order valence-electron chi connectivity index (χ0n) is 20.0. The standard InChI is InChI=1S/C26H36N4O2/c1-18-10-6-11-19(2)25(18)29-23(31)14-8-16-27-22(5)28-17-9-15-24(32)30-26-20(3)12-7-13-21(26)4/h6-7,10-13H,8-9,14-17H2,1-5H3,(H,27,28)(H,29,31)(H,30,32). The lowest BCUT2D eigenvalue weighted by Gasteiger charge is -2.12. The molecular weight excluding hydrogens is 400 g/mol. The highest BCUT2D eigenvalue weighted by Gasteiger charge is 2.08. The van der Waals surface area contributed by atoms with E-state index in [1.165, 1.54) is 0 Å². The molecule has 0 saturated heterocycles. The number of anilines is 2. The summed E-state index contributed by atoms with van der Waals surface area (Å²) < 4.78 is 0. The number of carbonyl (C=O) groups is 2. The molecule has 6 heteroatoms. The van der Waals surface area contributed by atoms with Gasteiger partial charge in [-0.05, 0) is 69.7 Å². The van der Waals surface area contributed by atoms with Gasteiger partial charge in [0.25, 0.3) is 0 Å². The molecule has 0 saturated carbocycles. The first-order chi connectivity index (χ1) is 15.3. The van der Waals surface area contributed by atoms with Gasteiger partial charge in [-0.1, -0.05) is 36.4 Å². The molecule has 172 valence electrons. The lowest BCUT2D eigenvalue weighted by molar-refractivity contribution is -0.117. The number of para-hydroxylation sites is 2. The normalized spacial score (nSPS) is 11.2. The van der Waals surface area contributed by atoms with Gasteiger partial charge >= 0.3 is 0 Å². The Morgan fingerprint density at radius 1 is 0.750 bits per heavy atom. The van der Waals surface area contributed by atoms with Crippen molar-refractivity contribution in [2.75, 3.05) is 23.7 Å². The molecule has 2 aromatic rings. The average Bonchev–Trinajstić information content (AvgIpc) is 2.74. The van der Waals surface area contributed by atoms with Crippen LogP contribution in [-0.2, 0) is 9.59 Å². The minimum absolute atomic E-state index is 0.0121. The summed E-state index contributed by atoms with van der Waals surface area (Å²) >= 11 is 0. The Balaban J connectivity index is 1.62. The minimum atomic E-state index is 0.0121. The first-order valence-corrected chi connectivity index (χ1v) is 11.2. The molecule has 6 nitrogen and oxygen atoms in total. The molecule has 0 aliphatic heterocycles. The number of benzene rings is 2. The van der Waals surface area contributed by atoms with Gasteiger partial charge in [-0.15, -0.1) is 0 Å². The maximum Gasteiger partial charge on any atom is 0.224 e. The first-order valence-electron chi connectivity index (χ1n) is 11.2. The molecule has 0 fully saturated rings. The summed E-state index contributed by atoms with van der Waals surface area (Å²) in [7, 11) is 0. The second kappa shape index (κ2) is 12.6. The number of hydrogen-bond acceptors (Lipinski definition) is 3. The SMILES string of the molecule is CC(=NCCCC(=O)Nc1c(C)cccc1C)NCCCC(=O)Nc1c(C)cccc1C. The van der Waals surface area contributed by atoms with Crippen molar-refractivity contribution >= 4 is 29.0 Å². The van der Waals surface area contributed by atoms with E-state index < -0.39 is 0 Å². The van der Waals surface area contributed by atoms with Crippen LogP contribution in [0, 0.1) is 27.7 Å². The predicted octanol–water partition coefficient (Wildman–Crippen LogP) is 5.07. The number of hydrogen-bond donors (Lipinski definition) is 3. The number of amides is 2. The smallest absolute Gasteiger partial charge is 0.224 e. The zero-order valence-corrected chi connectivity index (χ0v) is 20.0. The van der Waals surface area contributed by atoms with Crippen molar-refractivity contribution in [3.05, 3.63) is 58.7 Å². The second-order valence-corrected chi connectivity index (χ2v) is 8.23. The van der Waals surface area contributed by atoms with E-state index in [0.717, 1.165) is 45.9 Å². The highest BCUT2D eigenvalue weighted by atomic mass is 16.2. The molecule has 0 aliphatic rings. The number of nitrogens with zero attached hydrogens (tertiary/aromatic N) is 1. The van der Waals surface area contributed by atoms with Crippen molar-refractivity contribution in [1.82, 2.24) is 5.32 Å². The van der Waals surface area contributed by atoms with E-state index in [4.69, 9.17) is 0 Å². The van der Waals surface area contributed by atoms with Crippen LogP contribution in [0.1, 0.15) is 54.9 Å². The van der Waals surface area contributed by atoms with Crippen LogP contribution in [0.2, 0.25) is 0 Å². The Labute approximate surface area is 191 Å². The summed E-state index contributed by atoms with van der Waals surface area (Å²) in [6.07, 6.45) is 2.30. The minimum Gasteiger partial charge on any atom is -0.374 e. The molecule has 0 unspecified atom stereocenters. The van der Waals surface area contributed by atoms with E-state index in [0.29, 0.717) is 32.4 Å². The van der Waals surface area contributed by atoms with Gasteiger partial charge < -0.3 is 16.0 Å². The van der Waals surface area contributed by atoms with Gasteiger partial charge in [-0.2, -0.15) is 0 Å². The highest BCUT2D eigenvalue weighted by Crippen LogP contribution is 2.20. The summed E-state index contributed by atoms with van der Waals surface area (Å²) in [6.45, 7) is 11.2. The summed E-state index contributed by atoms with van der Waals surface area (Å²) in [5, 5.41) is 9.25. The Bertz CT molecular complexity index is 926. The van der Waals surface area contributed by atoms with Gasteiger partial charge in [0.2, 0.25) is 11.8 Å². The van der Waals surface area contributed by atoms with Crippen LogP contribution in [0.3, 0.4) is 0 Å². The highest BCUT2D eigenvalue weighted by molar-refractivity contribution is 5.93. The van der Waals surface area contributed by atoms with E-state index in [9.17, 15) is 9.59 Å². The molecule has 0 aliphatic carbocycles. The average molecular weight is 437 g/mol. The van der Waals surface area contributed by atoms with E-state index in [1.807, 2.05) is 71.0 Å². The van der Waals surface area contributed by atoms with Crippen molar-refractivity contribution in [1.29, 1.82) is 0 Å². The fraction of sp³-hybridized carbons (Fsp3) is 0.423. The number of aliphatic imine (C=N–C) groups is 1. The predicted molar refractivity (Wildman–Crippen MR) is 134 cm³/mol. The maximum atomic E-state index is 12.2. The van der Waals surface area contributed by atoms with Crippen LogP contribution in [0.5, 0.6) is 0 Å². The second-order valence-electron chi connectivity index (χ2n) is 8.23. The van der Waals surface area contributed by atoms with E-state index in [2.05, 4.69) is 20.9 Å². The number of carbonyl (C=O) groups excluding carboxylic acids is 2. The topological polar surface area (TPSA) is 82.6 Å². The van der Waals surface area contributed by atoms with Gasteiger partial charge in [0.15, 0.2) is 0 Å². The van der Waals surface area contributed by atoms with Crippen LogP contribution in [-0.4, -0.2) is 30.7 Å². The fourth-order valence-corrected chi connectivity index (χ4v) is 3.49. The molecule has 32 heavy (non-hydrogen) atoms. The maximum absolute atomic E-state index is 12.2. The Hall–Kier alpha value is -3.15. The third-order valence-corrected chi connectivity index (χ3v) is 5.36. The number of nitrogens with one attached hydrogen (secondary N) is 3. The van der Waals surface area contributed by atoms with Crippen LogP contribution in [0.25, 0.3) is 0 Å². The Morgan fingerprint density at radius 2 is 1.19 bits per heavy atom. The number of rotatable bonds is 10. The molecule has 0 aromatic heterocycles. The Morgan fingerprint density at radius 3 is 1.66 bits per heavy atom. The number of amidine groups is 1. The molecule has 0 atom stereocenters. The fourth-order valence-electron chi connectivity index (χ4n) is 3.49. The molecule has 3 N–H and O–H groups in total.